The van der Waals surface area contributed by atoms with Crippen LogP contribution in [0.3, 0.4) is 0 Å². The lowest BCUT2D eigenvalue weighted by Crippen LogP contribution is -2.37. The highest BCUT2D eigenvalue weighted by Gasteiger charge is 2.43. The van der Waals surface area contributed by atoms with E-state index < -0.39 is 5.92 Å². The third kappa shape index (κ3) is 5.13. The van der Waals surface area contributed by atoms with Gasteiger partial charge in [0.25, 0.3) is 5.56 Å². The molecule has 2 heterocycles. The maximum absolute atomic E-state index is 13.7. The van der Waals surface area contributed by atoms with Crippen molar-refractivity contribution < 1.29 is 19.0 Å². The highest BCUT2D eigenvalue weighted by atomic mass is 35.5. The monoisotopic (exact) mass is 567 g/mol. The quantitative estimate of drug-likeness (QED) is 0.267. The van der Waals surface area contributed by atoms with Crippen molar-refractivity contribution in [2.45, 2.75) is 43.5 Å². The Balaban J connectivity index is 1.65. The SMILES string of the molecule is COc1cc(C2C3=C(CC(C)(C)CC3=O)Nc3nc(SCc4ccccc4Cl)[nH]c(=O)c32)cc(OC)c1OC. The molecule has 2 N–H and O–H groups in total. The van der Waals surface area contributed by atoms with Gasteiger partial charge < -0.3 is 24.5 Å². The van der Waals surface area contributed by atoms with E-state index in [2.05, 4.69) is 24.1 Å². The zero-order valence-electron chi connectivity index (χ0n) is 22.4. The standard InChI is InChI=1S/C29H30ClN3O5S/c1-29(2)12-18-23(19(34)13-29)22(16-10-20(36-3)25(38-5)21(11-16)37-4)24-26(31-18)32-28(33-27(24)35)39-14-15-8-6-7-9-17(15)30/h6-11,22H,12-14H2,1-5H3,(H2,31,32,33,35). The van der Waals surface area contributed by atoms with Gasteiger partial charge in [0.1, 0.15) is 5.82 Å². The number of aromatic nitrogens is 2. The van der Waals surface area contributed by atoms with E-state index in [1.54, 1.807) is 12.1 Å². The van der Waals surface area contributed by atoms with Gasteiger partial charge in [-0.1, -0.05) is 55.4 Å². The molecule has 39 heavy (non-hydrogen) atoms. The smallest absolute Gasteiger partial charge is 0.257 e. The number of aromatic amines is 1. The number of allylic oxidation sites excluding steroid dienone is 2. The van der Waals surface area contributed by atoms with Crippen molar-refractivity contribution in [2.24, 2.45) is 5.41 Å². The number of fused-ring (bicyclic) bond motifs is 1. The highest BCUT2D eigenvalue weighted by Crippen LogP contribution is 2.50. The molecule has 204 valence electrons. The number of methoxy groups -OCH3 is 3. The van der Waals surface area contributed by atoms with Gasteiger partial charge in [0, 0.05) is 34.4 Å². The van der Waals surface area contributed by atoms with Crippen molar-refractivity contribution in [3.8, 4) is 17.2 Å². The zero-order chi connectivity index (χ0) is 27.9. The predicted molar refractivity (Wildman–Crippen MR) is 152 cm³/mol. The van der Waals surface area contributed by atoms with Gasteiger partial charge >= 0.3 is 0 Å². The maximum atomic E-state index is 13.7. The van der Waals surface area contributed by atoms with Crippen molar-refractivity contribution in [2.75, 3.05) is 26.6 Å². The van der Waals surface area contributed by atoms with Crippen LogP contribution in [0.5, 0.6) is 17.2 Å². The Morgan fingerprint density at radius 3 is 2.38 bits per heavy atom. The fourth-order valence-corrected chi connectivity index (χ4v) is 6.47. The number of thioether (sulfide) groups is 1. The summed E-state index contributed by atoms with van der Waals surface area (Å²) in [6, 6.07) is 11.2. The molecule has 10 heteroatoms. The van der Waals surface area contributed by atoms with E-state index in [-0.39, 0.29) is 16.8 Å². The van der Waals surface area contributed by atoms with Gasteiger partial charge in [0.2, 0.25) is 5.75 Å². The van der Waals surface area contributed by atoms with Crippen LogP contribution < -0.4 is 25.1 Å². The molecule has 1 aliphatic carbocycles. The van der Waals surface area contributed by atoms with Crippen LogP contribution in [-0.2, 0) is 10.5 Å². The molecule has 8 nitrogen and oxygen atoms in total. The fraction of sp³-hybridized carbons (Fsp3) is 0.345. The Morgan fingerprint density at radius 1 is 1.05 bits per heavy atom. The van der Waals surface area contributed by atoms with Crippen molar-refractivity contribution in [1.82, 2.24) is 9.97 Å². The van der Waals surface area contributed by atoms with Crippen LogP contribution in [0.2, 0.25) is 5.02 Å². The Bertz CT molecular complexity index is 1520. The van der Waals surface area contributed by atoms with E-state index in [1.807, 2.05) is 24.3 Å². The summed E-state index contributed by atoms with van der Waals surface area (Å²) in [7, 11) is 4.60. The number of H-pyrrole nitrogens is 1. The zero-order valence-corrected chi connectivity index (χ0v) is 24.0. The number of rotatable bonds is 7. The average Bonchev–Trinajstić information content (AvgIpc) is 2.89. The molecule has 0 radical (unpaired) electrons. The molecule has 5 rings (SSSR count). The first kappa shape index (κ1) is 27.1. The number of ether oxygens (including phenoxy) is 3. The van der Waals surface area contributed by atoms with Gasteiger partial charge in [0.15, 0.2) is 22.4 Å². The van der Waals surface area contributed by atoms with Crippen molar-refractivity contribution in [3.05, 3.63) is 79.7 Å². The van der Waals surface area contributed by atoms with Crippen LogP contribution in [0.4, 0.5) is 5.82 Å². The number of benzene rings is 2. The Morgan fingerprint density at radius 2 is 1.74 bits per heavy atom. The normalized spacial score (nSPS) is 17.7. The number of nitrogens with zero attached hydrogens (tertiary/aromatic N) is 1. The number of carbonyl (C=O) groups is 1. The molecule has 1 aliphatic heterocycles. The number of halogens is 1. The van der Waals surface area contributed by atoms with Crippen LogP contribution >= 0.6 is 23.4 Å². The van der Waals surface area contributed by atoms with Gasteiger partial charge in [-0.25, -0.2) is 4.98 Å². The number of carbonyl (C=O) groups excluding carboxylic acids is 1. The van der Waals surface area contributed by atoms with Crippen LogP contribution in [0.25, 0.3) is 0 Å². The number of anilines is 1. The minimum absolute atomic E-state index is 0.00489. The van der Waals surface area contributed by atoms with Gasteiger partial charge in [-0.2, -0.15) is 0 Å². The minimum Gasteiger partial charge on any atom is -0.493 e. The van der Waals surface area contributed by atoms with Crippen molar-refractivity contribution >= 4 is 35.0 Å². The lowest BCUT2D eigenvalue weighted by atomic mass is 9.69. The highest BCUT2D eigenvalue weighted by molar-refractivity contribution is 7.98. The molecular weight excluding hydrogens is 538 g/mol. The lowest BCUT2D eigenvalue weighted by Gasteiger charge is -2.38. The van der Waals surface area contributed by atoms with Gasteiger partial charge in [-0.15, -0.1) is 0 Å². The summed E-state index contributed by atoms with van der Waals surface area (Å²) in [6.07, 6.45) is 1.02. The van der Waals surface area contributed by atoms with E-state index in [0.717, 1.165) is 11.3 Å². The number of ketones is 1. The molecule has 0 saturated heterocycles. The average molecular weight is 568 g/mol. The molecule has 2 aromatic carbocycles. The first-order valence-corrected chi connectivity index (χ1v) is 13.9. The summed E-state index contributed by atoms with van der Waals surface area (Å²) in [6.45, 7) is 4.13. The Hall–Kier alpha value is -3.43. The molecule has 3 aromatic rings. The Labute approximate surface area is 236 Å². The minimum atomic E-state index is -0.660. The summed E-state index contributed by atoms with van der Waals surface area (Å²) < 4.78 is 16.7. The lowest BCUT2D eigenvalue weighted by molar-refractivity contribution is -0.118. The molecule has 1 aromatic heterocycles. The Kier molecular flexibility index (Phi) is 7.39. The second kappa shape index (κ2) is 10.6. The van der Waals surface area contributed by atoms with Gasteiger partial charge in [0.05, 0.1) is 26.9 Å². The van der Waals surface area contributed by atoms with E-state index in [0.29, 0.717) is 68.5 Å². The fourth-order valence-electron chi connectivity index (χ4n) is 5.32. The van der Waals surface area contributed by atoms with E-state index >= 15 is 0 Å². The summed E-state index contributed by atoms with van der Waals surface area (Å²) in [5, 5.41) is 4.47. The molecule has 2 aliphatic rings. The third-order valence-electron chi connectivity index (χ3n) is 7.04. The van der Waals surface area contributed by atoms with Crippen LogP contribution in [0.15, 0.2) is 57.6 Å². The first-order chi connectivity index (χ1) is 18.7. The van der Waals surface area contributed by atoms with Crippen molar-refractivity contribution in [1.29, 1.82) is 0 Å². The molecule has 0 amide bonds. The summed E-state index contributed by atoms with van der Waals surface area (Å²) >= 11 is 7.71. The largest absolute Gasteiger partial charge is 0.493 e. The van der Waals surface area contributed by atoms with Crippen LogP contribution in [-0.4, -0.2) is 37.1 Å². The summed E-state index contributed by atoms with van der Waals surface area (Å²) in [4.78, 5) is 35.0. The number of Topliss-reactive ketones (excluding diaryl/α,β-unsaturated/α-hetero) is 1. The molecule has 0 spiro atoms. The number of hydrogen-bond donors (Lipinski definition) is 2. The number of hydrogen-bond acceptors (Lipinski definition) is 8. The molecular formula is C29H30ClN3O5S. The second-order valence-electron chi connectivity index (χ2n) is 10.4. The molecule has 0 bridgehead atoms. The molecule has 1 atom stereocenters. The van der Waals surface area contributed by atoms with Gasteiger partial charge in [-0.3, -0.25) is 9.59 Å². The molecule has 0 saturated carbocycles. The van der Waals surface area contributed by atoms with Crippen LogP contribution in [0, 0.1) is 5.41 Å². The van der Waals surface area contributed by atoms with E-state index in [4.69, 9.17) is 30.8 Å². The van der Waals surface area contributed by atoms with E-state index in [9.17, 15) is 9.59 Å². The van der Waals surface area contributed by atoms with E-state index in [1.165, 1.54) is 33.1 Å². The predicted octanol–water partition coefficient (Wildman–Crippen LogP) is 5.94. The second-order valence-corrected chi connectivity index (χ2v) is 11.7. The first-order valence-electron chi connectivity index (χ1n) is 12.5. The number of nitrogens with one attached hydrogen (secondary N) is 2. The van der Waals surface area contributed by atoms with Crippen molar-refractivity contribution in [3.63, 3.8) is 0 Å². The van der Waals surface area contributed by atoms with Crippen LogP contribution in [0.1, 0.15) is 49.3 Å². The summed E-state index contributed by atoms with van der Waals surface area (Å²) in [5.41, 5.74) is 2.79. The topological polar surface area (TPSA) is 103 Å². The summed E-state index contributed by atoms with van der Waals surface area (Å²) in [5.74, 6) is 1.62. The molecule has 0 fully saturated rings. The maximum Gasteiger partial charge on any atom is 0.257 e. The van der Waals surface area contributed by atoms with Gasteiger partial charge in [-0.05, 0) is 41.2 Å². The molecule has 1 unspecified atom stereocenters. The third-order valence-corrected chi connectivity index (χ3v) is 8.33.